The van der Waals surface area contributed by atoms with Crippen LogP contribution in [-0.4, -0.2) is 53.9 Å². The fraction of sp³-hybridized carbons (Fsp3) is 0.833. The molecule has 0 radical (unpaired) electrons. The van der Waals surface area contributed by atoms with Gasteiger partial charge in [-0.15, -0.1) is 0 Å². The van der Waals surface area contributed by atoms with Gasteiger partial charge in [-0.3, -0.25) is 4.79 Å². The fourth-order valence-corrected chi connectivity index (χ4v) is 2.61. The zero-order valence-corrected chi connectivity index (χ0v) is 10.4. The molecule has 0 saturated carbocycles. The molecule has 0 bridgehead atoms. The molecule has 6 heteroatoms. The lowest BCUT2D eigenvalue weighted by Gasteiger charge is -2.35. The molecule has 0 aromatic carbocycles. The Morgan fingerprint density at radius 2 is 2.11 bits per heavy atom. The summed E-state index contributed by atoms with van der Waals surface area (Å²) in [5, 5.41) is 8.81. The Hall–Kier alpha value is -1.17. The second-order valence-corrected chi connectivity index (χ2v) is 5.46. The van der Waals surface area contributed by atoms with E-state index in [4.69, 9.17) is 9.84 Å². The van der Waals surface area contributed by atoms with Crippen molar-refractivity contribution >= 4 is 11.9 Å². The number of ether oxygens (including phenoxy) is 1. The Bertz CT molecular complexity index is 367. The topological polar surface area (TPSA) is 66.8 Å². The molecule has 2 aliphatic heterocycles. The van der Waals surface area contributed by atoms with Crippen molar-refractivity contribution in [2.24, 2.45) is 5.41 Å². The highest BCUT2D eigenvalue weighted by Crippen LogP contribution is 2.34. The van der Waals surface area contributed by atoms with Gasteiger partial charge in [-0.2, -0.15) is 0 Å². The molecule has 0 aromatic rings. The van der Waals surface area contributed by atoms with E-state index in [1.807, 2.05) is 0 Å². The summed E-state index contributed by atoms with van der Waals surface area (Å²) in [6.07, 6.45) is 1.37. The number of nitrogens with zero attached hydrogens (tertiary/aromatic N) is 1. The smallest absolute Gasteiger partial charge is 0.343 e. The predicted octanol–water partition coefficient (Wildman–Crippen LogP) is 0.828. The van der Waals surface area contributed by atoms with Crippen LogP contribution in [0.5, 0.6) is 0 Å². The number of carbonyl (C=O) groups is 2. The van der Waals surface area contributed by atoms with E-state index in [-0.39, 0.29) is 25.4 Å². The van der Waals surface area contributed by atoms with Gasteiger partial charge in [0.15, 0.2) is 0 Å². The van der Waals surface area contributed by atoms with Gasteiger partial charge in [0.2, 0.25) is 11.6 Å². The number of carboxylic acids is 1. The molecular formula is C12H18FNO4. The van der Waals surface area contributed by atoms with Crippen molar-refractivity contribution in [3.8, 4) is 0 Å². The number of hydrogen-bond donors (Lipinski definition) is 1. The number of aliphatic carboxylic acids is 1. The Morgan fingerprint density at radius 3 is 2.61 bits per heavy atom. The standard InChI is InChI=1S/C12H18FNO4/c1-11(3-2-6-18-8-11)9(15)14-5-4-12(13,7-14)10(16)17/h2-8H2,1H3,(H,16,17)/t11-,12-/m1/s1. The first-order chi connectivity index (χ1) is 8.37. The fourth-order valence-electron chi connectivity index (χ4n) is 2.61. The van der Waals surface area contributed by atoms with Crippen molar-refractivity contribution in [3.05, 3.63) is 0 Å². The van der Waals surface area contributed by atoms with E-state index in [1.54, 1.807) is 6.92 Å². The summed E-state index contributed by atoms with van der Waals surface area (Å²) in [5.41, 5.74) is -2.93. The number of carbonyl (C=O) groups excluding carboxylic acids is 1. The Morgan fingerprint density at radius 1 is 1.39 bits per heavy atom. The summed E-state index contributed by atoms with van der Waals surface area (Å²) in [5.74, 6) is -1.68. The summed E-state index contributed by atoms with van der Waals surface area (Å²) in [6.45, 7) is 2.58. The van der Waals surface area contributed by atoms with Gasteiger partial charge in [-0.05, 0) is 19.8 Å². The van der Waals surface area contributed by atoms with Gasteiger partial charge in [0.25, 0.3) is 0 Å². The van der Waals surface area contributed by atoms with Crippen LogP contribution < -0.4 is 0 Å². The highest BCUT2D eigenvalue weighted by atomic mass is 19.1. The molecular weight excluding hydrogens is 241 g/mol. The lowest BCUT2D eigenvalue weighted by molar-refractivity contribution is -0.152. The van der Waals surface area contributed by atoms with Crippen LogP contribution >= 0.6 is 0 Å². The highest BCUT2D eigenvalue weighted by Gasteiger charge is 2.50. The van der Waals surface area contributed by atoms with Gasteiger partial charge in [0, 0.05) is 19.6 Å². The molecule has 18 heavy (non-hydrogen) atoms. The van der Waals surface area contributed by atoms with E-state index in [2.05, 4.69) is 0 Å². The number of likely N-dealkylation sites (tertiary alicyclic amines) is 1. The van der Waals surface area contributed by atoms with E-state index >= 15 is 0 Å². The van der Waals surface area contributed by atoms with E-state index in [9.17, 15) is 14.0 Å². The molecule has 0 aromatic heterocycles. The van der Waals surface area contributed by atoms with E-state index < -0.39 is 17.1 Å². The molecule has 0 spiro atoms. The van der Waals surface area contributed by atoms with Gasteiger partial charge in [-0.1, -0.05) is 0 Å². The largest absolute Gasteiger partial charge is 0.479 e. The van der Waals surface area contributed by atoms with Crippen LogP contribution in [0.4, 0.5) is 4.39 Å². The third kappa shape index (κ3) is 2.21. The zero-order chi connectivity index (χ0) is 13.4. The molecule has 102 valence electrons. The zero-order valence-electron chi connectivity index (χ0n) is 10.4. The van der Waals surface area contributed by atoms with Gasteiger partial charge in [0.05, 0.1) is 18.6 Å². The molecule has 1 amide bonds. The number of hydrogen-bond acceptors (Lipinski definition) is 3. The summed E-state index contributed by atoms with van der Waals surface area (Å²) >= 11 is 0. The molecule has 2 aliphatic rings. The Balaban J connectivity index is 2.05. The maximum atomic E-state index is 13.9. The van der Waals surface area contributed by atoms with Gasteiger partial charge >= 0.3 is 5.97 Å². The van der Waals surface area contributed by atoms with Crippen molar-refractivity contribution in [2.45, 2.75) is 31.9 Å². The summed E-state index contributed by atoms with van der Waals surface area (Å²) < 4.78 is 19.2. The van der Waals surface area contributed by atoms with Crippen LogP contribution in [0.2, 0.25) is 0 Å². The minimum Gasteiger partial charge on any atom is -0.479 e. The first kappa shape index (κ1) is 13.3. The predicted molar refractivity (Wildman–Crippen MR) is 60.8 cm³/mol. The van der Waals surface area contributed by atoms with Crippen LogP contribution in [0.25, 0.3) is 0 Å². The average Bonchev–Trinajstić information content (AvgIpc) is 2.73. The molecule has 0 aliphatic carbocycles. The third-order valence-electron chi connectivity index (χ3n) is 3.84. The quantitative estimate of drug-likeness (QED) is 0.797. The third-order valence-corrected chi connectivity index (χ3v) is 3.84. The molecule has 2 heterocycles. The minimum atomic E-state index is -2.29. The van der Waals surface area contributed by atoms with Gasteiger partial charge in [-0.25, -0.2) is 9.18 Å². The first-order valence-electron chi connectivity index (χ1n) is 6.17. The molecule has 2 saturated heterocycles. The van der Waals surface area contributed by atoms with Crippen LogP contribution in [-0.2, 0) is 14.3 Å². The van der Waals surface area contributed by atoms with Gasteiger partial charge < -0.3 is 14.7 Å². The van der Waals surface area contributed by atoms with Crippen molar-refractivity contribution in [1.82, 2.24) is 4.90 Å². The van der Waals surface area contributed by atoms with E-state index in [0.717, 1.165) is 6.42 Å². The number of amides is 1. The monoisotopic (exact) mass is 259 g/mol. The highest BCUT2D eigenvalue weighted by molar-refractivity contribution is 5.85. The lowest BCUT2D eigenvalue weighted by Crippen LogP contribution is -2.47. The number of carboxylic acid groups (broad SMARTS) is 1. The second kappa shape index (κ2) is 4.50. The van der Waals surface area contributed by atoms with Crippen molar-refractivity contribution < 1.29 is 23.8 Å². The van der Waals surface area contributed by atoms with Crippen LogP contribution in [0.3, 0.4) is 0 Å². The minimum absolute atomic E-state index is 0.134. The normalized spacial score (nSPS) is 36.7. The maximum absolute atomic E-state index is 13.9. The first-order valence-corrected chi connectivity index (χ1v) is 6.17. The Kier molecular flexibility index (Phi) is 3.31. The summed E-state index contributed by atoms with van der Waals surface area (Å²) in [6, 6.07) is 0. The number of halogens is 1. The van der Waals surface area contributed by atoms with E-state index in [1.165, 1.54) is 4.90 Å². The summed E-state index contributed by atoms with van der Waals surface area (Å²) in [7, 11) is 0. The van der Waals surface area contributed by atoms with Crippen LogP contribution in [0.15, 0.2) is 0 Å². The van der Waals surface area contributed by atoms with Crippen LogP contribution in [0, 0.1) is 5.41 Å². The molecule has 2 fully saturated rings. The average molecular weight is 259 g/mol. The van der Waals surface area contributed by atoms with Crippen molar-refractivity contribution in [1.29, 1.82) is 0 Å². The number of rotatable bonds is 2. The Labute approximate surface area is 105 Å². The molecule has 5 nitrogen and oxygen atoms in total. The molecule has 1 N–H and O–H groups in total. The van der Waals surface area contributed by atoms with Crippen LogP contribution in [0.1, 0.15) is 26.2 Å². The van der Waals surface area contributed by atoms with Crippen molar-refractivity contribution in [3.63, 3.8) is 0 Å². The molecule has 2 atom stereocenters. The van der Waals surface area contributed by atoms with Gasteiger partial charge in [0.1, 0.15) is 0 Å². The maximum Gasteiger partial charge on any atom is 0.343 e. The molecule has 0 unspecified atom stereocenters. The lowest BCUT2D eigenvalue weighted by atomic mass is 9.83. The molecule has 2 rings (SSSR count). The SMILES string of the molecule is C[C@@]1(C(=O)N2CC[C@](F)(C(=O)O)C2)CCCOC1. The number of alkyl halides is 1. The summed E-state index contributed by atoms with van der Waals surface area (Å²) in [4.78, 5) is 24.5. The second-order valence-electron chi connectivity index (χ2n) is 5.46. The van der Waals surface area contributed by atoms with E-state index in [0.29, 0.717) is 19.6 Å². The van der Waals surface area contributed by atoms with Crippen molar-refractivity contribution in [2.75, 3.05) is 26.3 Å².